The Kier molecular flexibility index (Phi) is 6.67. The van der Waals surface area contributed by atoms with Crippen molar-refractivity contribution >= 4 is 26.4 Å². The summed E-state index contributed by atoms with van der Waals surface area (Å²) in [5.41, 5.74) is 0. The van der Waals surface area contributed by atoms with Crippen LogP contribution >= 0.6 is 6.72 Å². The molecule has 0 bridgehead atoms. The molecule has 0 spiro atoms. The summed E-state index contributed by atoms with van der Waals surface area (Å²) < 4.78 is 20.3. The van der Waals surface area contributed by atoms with Crippen molar-refractivity contribution in [1.29, 1.82) is 0 Å². The topological polar surface area (TPSA) is 97.6 Å². The van der Waals surface area contributed by atoms with Crippen molar-refractivity contribution in [2.24, 2.45) is 0 Å². The third kappa shape index (κ3) is 4.84. The van der Waals surface area contributed by atoms with Crippen LogP contribution in [-0.4, -0.2) is 74.0 Å². The van der Waals surface area contributed by atoms with Crippen LogP contribution < -0.4 is 0 Å². The molecule has 0 saturated carbocycles. The molecule has 104 valence electrons. The van der Waals surface area contributed by atoms with Crippen molar-refractivity contribution in [3.05, 3.63) is 0 Å². The van der Waals surface area contributed by atoms with E-state index in [2.05, 4.69) is 11.8 Å². The lowest BCUT2D eigenvalue weighted by Gasteiger charge is -2.25. The predicted molar refractivity (Wildman–Crippen MR) is 66.7 cm³/mol. The van der Waals surface area contributed by atoms with Crippen molar-refractivity contribution in [2.45, 2.75) is 24.3 Å². The fraction of sp³-hybridized carbons (Fsp3) is 1.00. The van der Waals surface area contributed by atoms with Crippen molar-refractivity contribution < 1.29 is 33.6 Å². The average Bonchev–Trinajstić information content (AvgIpc) is 2.54. The van der Waals surface area contributed by atoms with Gasteiger partial charge in [0.15, 0.2) is 0 Å². The molecular weight excluding hydrogens is 282 g/mol. The van der Waals surface area contributed by atoms with E-state index in [0.717, 1.165) is 0 Å². The molecule has 1 fully saturated rings. The number of rotatable bonds is 7. The minimum Gasteiger partial charge on any atom is -0.394 e. The number of aliphatic hydroxyl groups is 1. The van der Waals surface area contributed by atoms with Crippen LogP contribution in [0.15, 0.2) is 0 Å². The molecule has 1 aliphatic heterocycles. The van der Waals surface area contributed by atoms with Crippen LogP contribution in [0.25, 0.3) is 0 Å². The van der Waals surface area contributed by atoms with Gasteiger partial charge < -0.3 is 29.1 Å². The van der Waals surface area contributed by atoms with E-state index >= 15 is 0 Å². The first-order valence-electron chi connectivity index (χ1n) is 5.25. The van der Waals surface area contributed by atoms with E-state index < -0.39 is 37.6 Å². The Morgan fingerprint density at radius 2 is 2.00 bits per heavy atom. The van der Waals surface area contributed by atoms with Gasteiger partial charge in [0.2, 0.25) is 0 Å². The summed E-state index contributed by atoms with van der Waals surface area (Å²) in [6.07, 6.45) is -2.49. The van der Waals surface area contributed by atoms with E-state index in [-0.39, 0.29) is 6.61 Å². The predicted octanol–water partition coefficient (Wildman–Crippen LogP) is -1.50. The van der Waals surface area contributed by atoms with Gasteiger partial charge in [-0.1, -0.05) is 0 Å². The second-order valence-corrected chi connectivity index (χ2v) is 6.33. The molecule has 1 saturated heterocycles. The summed E-state index contributed by atoms with van der Waals surface area (Å²) >= 11 is 4.39. The Labute approximate surface area is 112 Å². The first kappa shape index (κ1) is 16.5. The minimum absolute atomic E-state index is 0.232. The zero-order chi connectivity index (χ0) is 13.8. The van der Waals surface area contributed by atoms with Crippen LogP contribution in [0.3, 0.4) is 0 Å². The third-order valence-electron chi connectivity index (χ3n) is 2.38. The molecule has 4 atom stereocenters. The molecule has 7 nitrogen and oxygen atoms in total. The van der Waals surface area contributed by atoms with Gasteiger partial charge in [0.05, 0.1) is 19.8 Å². The molecule has 3 N–H and O–H groups in total. The highest BCUT2D eigenvalue weighted by Crippen LogP contribution is 2.42. The molecule has 0 aromatic rings. The SMILES string of the molecule is [B]C1OC(CO)C(OP(O)(O)=S)C1OCCOC. The molecule has 2 radical (unpaired) electrons. The molecule has 1 heterocycles. The Morgan fingerprint density at radius 3 is 2.50 bits per heavy atom. The van der Waals surface area contributed by atoms with Crippen LogP contribution in [0.2, 0.25) is 0 Å². The molecule has 10 heteroatoms. The fourth-order valence-corrected chi connectivity index (χ4v) is 2.52. The Hall–Kier alpha value is 0.435. The summed E-state index contributed by atoms with van der Waals surface area (Å²) in [6.45, 7) is -3.71. The lowest BCUT2D eigenvalue weighted by atomic mass is 9.93. The van der Waals surface area contributed by atoms with Crippen molar-refractivity contribution in [2.75, 3.05) is 26.9 Å². The molecule has 18 heavy (non-hydrogen) atoms. The van der Waals surface area contributed by atoms with Gasteiger partial charge in [-0.25, -0.2) is 0 Å². The molecular formula is C8H16BO7PS. The summed E-state index contributed by atoms with van der Waals surface area (Å²) in [5.74, 6) is 0. The number of hydrogen-bond acceptors (Lipinski definition) is 6. The van der Waals surface area contributed by atoms with Crippen LogP contribution in [0.4, 0.5) is 0 Å². The van der Waals surface area contributed by atoms with Gasteiger partial charge in [-0.2, -0.15) is 0 Å². The summed E-state index contributed by atoms with van der Waals surface area (Å²) in [4.78, 5) is 18.3. The zero-order valence-corrected chi connectivity index (χ0v) is 11.5. The van der Waals surface area contributed by atoms with Crippen molar-refractivity contribution in [3.63, 3.8) is 0 Å². The number of ether oxygens (including phenoxy) is 3. The van der Waals surface area contributed by atoms with E-state index in [4.69, 9.17) is 41.5 Å². The molecule has 1 rings (SSSR count). The second-order valence-electron chi connectivity index (χ2n) is 3.71. The molecule has 0 amide bonds. The van der Waals surface area contributed by atoms with E-state index in [1.54, 1.807) is 0 Å². The maximum atomic E-state index is 9.17. The van der Waals surface area contributed by atoms with E-state index in [1.165, 1.54) is 7.11 Å². The lowest BCUT2D eigenvalue weighted by molar-refractivity contribution is -0.0352. The minimum atomic E-state index is -3.89. The summed E-state index contributed by atoms with van der Waals surface area (Å²) in [5, 5.41) is 9.11. The smallest absolute Gasteiger partial charge is 0.322 e. The highest BCUT2D eigenvalue weighted by molar-refractivity contribution is 8.06. The normalized spacial score (nSPS) is 32.9. The molecule has 0 aromatic heterocycles. The molecule has 0 aromatic carbocycles. The summed E-state index contributed by atoms with van der Waals surface area (Å²) in [7, 11) is 7.19. The zero-order valence-electron chi connectivity index (χ0n) is 9.84. The third-order valence-corrected chi connectivity index (χ3v) is 3.16. The highest BCUT2D eigenvalue weighted by Gasteiger charge is 2.45. The van der Waals surface area contributed by atoms with Crippen LogP contribution in [0, 0.1) is 0 Å². The van der Waals surface area contributed by atoms with Crippen LogP contribution in [-0.2, 0) is 30.5 Å². The van der Waals surface area contributed by atoms with Gasteiger partial charge in [0, 0.05) is 13.1 Å². The van der Waals surface area contributed by atoms with E-state index in [0.29, 0.717) is 6.61 Å². The van der Waals surface area contributed by atoms with Crippen molar-refractivity contribution in [3.8, 4) is 0 Å². The molecule has 0 aliphatic carbocycles. The monoisotopic (exact) mass is 298 g/mol. The average molecular weight is 298 g/mol. The van der Waals surface area contributed by atoms with Crippen LogP contribution in [0.1, 0.15) is 0 Å². The Balaban J connectivity index is 2.67. The molecule has 1 aliphatic rings. The molecule has 4 unspecified atom stereocenters. The van der Waals surface area contributed by atoms with Gasteiger partial charge in [0.25, 0.3) is 0 Å². The van der Waals surface area contributed by atoms with Gasteiger partial charge in [-0.05, 0) is 11.8 Å². The number of methoxy groups -OCH3 is 1. The maximum Gasteiger partial charge on any atom is 0.322 e. The van der Waals surface area contributed by atoms with Crippen LogP contribution in [0.5, 0.6) is 0 Å². The Morgan fingerprint density at radius 1 is 1.33 bits per heavy atom. The highest BCUT2D eigenvalue weighted by atomic mass is 32.5. The Bertz CT molecular complexity index is 301. The van der Waals surface area contributed by atoms with Crippen molar-refractivity contribution in [1.82, 2.24) is 0 Å². The largest absolute Gasteiger partial charge is 0.394 e. The van der Waals surface area contributed by atoms with E-state index in [1.807, 2.05) is 0 Å². The maximum absolute atomic E-state index is 9.17. The number of aliphatic hydroxyl groups excluding tert-OH is 1. The standard InChI is InChI=1S/C8H16BO7PS/c1-13-2-3-14-7-6(16-17(11,12)18)5(4-10)15-8(7)9/h5-8,10H,2-4H2,1H3,(H2,11,12,18). The fourth-order valence-electron chi connectivity index (χ4n) is 1.65. The first-order chi connectivity index (χ1) is 8.39. The first-order valence-corrected chi connectivity index (χ1v) is 7.88. The quantitative estimate of drug-likeness (QED) is 0.297. The summed E-state index contributed by atoms with van der Waals surface area (Å²) in [6, 6.07) is -0.842. The lowest BCUT2D eigenvalue weighted by Crippen LogP contribution is -2.38. The van der Waals surface area contributed by atoms with Gasteiger partial charge >= 0.3 is 6.72 Å². The van der Waals surface area contributed by atoms with E-state index in [9.17, 15) is 0 Å². The number of hydrogen-bond donors (Lipinski definition) is 3. The van der Waals surface area contributed by atoms with Gasteiger partial charge in [-0.15, -0.1) is 0 Å². The second kappa shape index (κ2) is 7.28. The van der Waals surface area contributed by atoms with Gasteiger partial charge in [0.1, 0.15) is 26.2 Å². The van der Waals surface area contributed by atoms with Gasteiger partial charge in [-0.3, -0.25) is 4.52 Å².